The van der Waals surface area contributed by atoms with Crippen LogP contribution in [0, 0.1) is 20.8 Å². The standard InChI is InChI=1S/C17H16N2OS2/c1-10-4-6-13(7-5-10)14-8-9-21-15(14)16(20)19-17-18-11(2)12(3)22-17/h4-9H,1-3H3,(H,18,19,20). The molecule has 5 heteroatoms. The van der Waals surface area contributed by atoms with Crippen LogP contribution in [0.5, 0.6) is 0 Å². The smallest absolute Gasteiger partial charge is 0.268 e. The molecular formula is C17H16N2OS2. The van der Waals surface area contributed by atoms with Gasteiger partial charge in [0.1, 0.15) is 4.88 Å². The molecule has 3 rings (SSSR count). The highest BCUT2D eigenvalue weighted by Gasteiger charge is 2.16. The Bertz CT molecular complexity index is 796. The summed E-state index contributed by atoms with van der Waals surface area (Å²) in [6.45, 7) is 6.01. The van der Waals surface area contributed by atoms with Crippen molar-refractivity contribution in [2.75, 3.05) is 5.32 Å². The topological polar surface area (TPSA) is 42.0 Å². The van der Waals surface area contributed by atoms with Crippen LogP contribution in [0.2, 0.25) is 0 Å². The van der Waals surface area contributed by atoms with E-state index in [-0.39, 0.29) is 5.91 Å². The van der Waals surface area contributed by atoms with E-state index in [4.69, 9.17) is 0 Å². The zero-order chi connectivity index (χ0) is 15.7. The van der Waals surface area contributed by atoms with E-state index in [1.807, 2.05) is 37.4 Å². The number of nitrogens with one attached hydrogen (secondary N) is 1. The number of carbonyl (C=O) groups excluding carboxylic acids is 1. The highest BCUT2D eigenvalue weighted by molar-refractivity contribution is 7.16. The molecule has 1 aromatic carbocycles. The average molecular weight is 328 g/mol. The van der Waals surface area contributed by atoms with Crippen molar-refractivity contribution < 1.29 is 4.79 Å². The average Bonchev–Trinajstić information content (AvgIpc) is 3.07. The fourth-order valence-corrected chi connectivity index (χ4v) is 3.75. The summed E-state index contributed by atoms with van der Waals surface area (Å²) in [5.74, 6) is -0.0978. The number of amides is 1. The first kappa shape index (κ1) is 14.9. The number of aryl methyl sites for hydroxylation is 3. The number of hydrogen-bond acceptors (Lipinski definition) is 4. The third-order valence-electron chi connectivity index (χ3n) is 3.48. The van der Waals surface area contributed by atoms with Gasteiger partial charge in [-0.05, 0) is 37.8 Å². The Labute approximate surface area is 137 Å². The Balaban J connectivity index is 1.87. The Morgan fingerprint density at radius 1 is 1.09 bits per heavy atom. The monoisotopic (exact) mass is 328 g/mol. The maximum Gasteiger partial charge on any atom is 0.268 e. The van der Waals surface area contributed by atoms with E-state index in [0.717, 1.165) is 21.7 Å². The van der Waals surface area contributed by atoms with Crippen LogP contribution < -0.4 is 5.32 Å². The minimum atomic E-state index is -0.0978. The second-order valence-corrected chi connectivity index (χ2v) is 7.26. The van der Waals surface area contributed by atoms with Crippen molar-refractivity contribution in [3.8, 4) is 11.1 Å². The van der Waals surface area contributed by atoms with Gasteiger partial charge in [0, 0.05) is 10.4 Å². The van der Waals surface area contributed by atoms with Gasteiger partial charge in [-0.1, -0.05) is 29.8 Å². The summed E-state index contributed by atoms with van der Waals surface area (Å²) >= 11 is 2.96. The van der Waals surface area contributed by atoms with E-state index in [2.05, 4.69) is 29.4 Å². The third-order valence-corrected chi connectivity index (χ3v) is 5.38. The van der Waals surface area contributed by atoms with Crippen molar-refractivity contribution in [3.05, 3.63) is 56.7 Å². The highest BCUT2D eigenvalue weighted by Crippen LogP contribution is 2.30. The zero-order valence-electron chi connectivity index (χ0n) is 12.6. The summed E-state index contributed by atoms with van der Waals surface area (Å²) in [6, 6.07) is 10.2. The van der Waals surface area contributed by atoms with Gasteiger partial charge >= 0.3 is 0 Å². The lowest BCUT2D eigenvalue weighted by atomic mass is 10.0. The summed E-state index contributed by atoms with van der Waals surface area (Å²) in [4.78, 5) is 18.7. The summed E-state index contributed by atoms with van der Waals surface area (Å²) in [5.41, 5.74) is 4.19. The van der Waals surface area contributed by atoms with Gasteiger partial charge in [-0.15, -0.1) is 22.7 Å². The fraction of sp³-hybridized carbons (Fsp3) is 0.176. The van der Waals surface area contributed by atoms with E-state index in [0.29, 0.717) is 10.0 Å². The van der Waals surface area contributed by atoms with Crippen molar-refractivity contribution in [2.45, 2.75) is 20.8 Å². The Morgan fingerprint density at radius 2 is 1.82 bits per heavy atom. The molecular weight excluding hydrogens is 312 g/mol. The molecule has 1 N–H and O–H groups in total. The number of thiazole rings is 1. The maximum absolute atomic E-state index is 12.5. The summed E-state index contributed by atoms with van der Waals surface area (Å²) in [6.07, 6.45) is 0. The van der Waals surface area contributed by atoms with Crippen LogP contribution in [0.1, 0.15) is 25.8 Å². The minimum Gasteiger partial charge on any atom is -0.297 e. The molecule has 3 aromatic rings. The molecule has 0 bridgehead atoms. The summed E-state index contributed by atoms with van der Waals surface area (Å²) in [5, 5.41) is 5.51. The molecule has 0 unspecified atom stereocenters. The highest BCUT2D eigenvalue weighted by atomic mass is 32.1. The van der Waals surface area contributed by atoms with Gasteiger partial charge in [0.15, 0.2) is 5.13 Å². The van der Waals surface area contributed by atoms with Crippen molar-refractivity contribution >= 4 is 33.7 Å². The van der Waals surface area contributed by atoms with E-state index in [9.17, 15) is 4.79 Å². The lowest BCUT2D eigenvalue weighted by molar-refractivity contribution is 0.103. The lowest BCUT2D eigenvalue weighted by Crippen LogP contribution is -2.11. The third kappa shape index (κ3) is 2.96. The normalized spacial score (nSPS) is 10.7. The molecule has 0 aliphatic heterocycles. The number of hydrogen-bond donors (Lipinski definition) is 1. The first-order valence-corrected chi connectivity index (χ1v) is 8.64. The van der Waals surface area contributed by atoms with E-state index in [1.54, 1.807) is 0 Å². The number of anilines is 1. The molecule has 0 spiro atoms. The molecule has 2 heterocycles. The van der Waals surface area contributed by atoms with Gasteiger partial charge in [-0.3, -0.25) is 10.1 Å². The van der Waals surface area contributed by atoms with E-state index < -0.39 is 0 Å². The second kappa shape index (κ2) is 6.02. The molecule has 2 aromatic heterocycles. The van der Waals surface area contributed by atoms with Gasteiger partial charge in [0.25, 0.3) is 5.91 Å². The molecule has 0 aliphatic rings. The lowest BCUT2D eigenvalue weighted by Gasteiger charge is -2.04. The molecule has 1 amide bonds. The second-order valence-electron chi connectivity index (χ2n) is 5.14. The summed E-state index contributed by atoms with van der Waals surface area (Å²) in [7, 11) is 0. The van der Waals surface area contributed by atoms with Gasteiger partial charge in [-0.2, -0.15) is 0 Å². The first-order chi connectivity index (χ1) is 10.5. The zero-order valence-corrected chi connectivity index (χ0v) is 14.3. The van der Waals surface area contributed by atoms with E-state index >= 15 is 0 Å². The van der Waals surface area contributed by atoms with Gasteiger partial charge < -0.3 is 0 Å². The summed E-state index contributed by atoms with van der Waals surface area (Å²) < 4.78 is 0. The van der Waals surface area contributed by atoms with Crippen molar-refractivity contribution in [1.82, 2.24) is 4.98 Å². The predicted octanol–water partition coefficient (Wildman–Crippen LogP) is 5.05. The number of nitrogens with zero attached hydrogens (tertiary/aromatic N) is 1. The molecule has 0 atom stereocenters. The number of thiophene rings is 1. The molecule has 0 aliphatic carbocycles. The number of benzene rings is 1. The molecule has 22 heavy (non-hydrogen) atoms. The molecule has 0 saturated heterocycles. The van der Waals surface area contributed by atoms with E-state index in [1.165, 1.54) is 28.2 Å². The SMILES string of the molecule is Cc1ccc(-c2ccsc2C(=O)Nc2nc(C)c(C)s2)cc1. The van der Waals surface area contributed by atoms with Gasteiger partial charge in [0.05, 0.1) is 5.69 Å². The minimum absolute atomic E-state index is 0.0978. The molecule has 3 nitrogen and oxygen atoms in total. The van der Waals surface area contributed by atoms with Crippen LogP contribution in [0.15, 0.2) is 35.7 Å². The van der Waals surface area contributed by atoms with Crippen LogP contribution in [0.3, 0.4) is 0 Å². The first-order valence-electron chi connectivity index (χ1n) is 6.94. The van der Waals surface area contributed by atoms with Crippen LogP contribution in [0.4, 0.5) is 5.13 Å². The molecule has 0 saturated carbocycles. The number of rotatable bonds is 3. The Hall–Kier alpha value is -1.98. The fourth-order valence-electron chi connectivity index (χ4n) is 2.13. The largest absolute Gasteiger partial charge is 0.297 e. The quantitative estimate of drug-likeness (QED) is 0.731. The van der Waals surface area contributed by atoms with Crippen LogP contribution in [-0.4, -0.2) is 10.9 Å². The van der Waals surface area contributed by atoms with Crippen LogP contribution in [-0.2, 0) is 0 Å². The Morgan fingerprint density at radius 3 is 2.45 bits per heavy atom. The predicted molar refractivity (Wildman–Crippen MR) is 94.0 cm³/mol. The van der Waals surface area contributed by atoms with Crippen molar-refractivity contribution in [2.24, 2.45) is 0 Å². The maximum atomic E-state index is 12.5. The van der Waals surface area contributed by atoms with Gasteiger partial charge in [-0.25, -0.2) is 4.98 Å². The number of carbonyl (C=O) groups is 1. The van der Waals surface area contributed by atoms with Crippen molar-refractivity contribution in [3.63, 3.8) is 0 Å². The van der Waals surface area contributed by atoms with Crippen molar-refractivity contribution in [1.29, 1.82) is 0 Å². The van der Waals surface area contributed by atoms with Crippen LogP contribution in [0.25, 0.3) is 11.1 Å². The van der Waals surface area contributed by atoms with Gasteiger partial charge in [0.2, 0.25) is 0 Å². The Kier molecular flexibility index (Phi) is 4.09. The molecule has 0 fully saturated rings. The molecule has 112 valence electrons. The molecule has 0 radical (unpaired) electrons. The number of aromatic nitrogens is 1. The van der Waals surface area contributed by atoms with Crippen LogP contribution >= 0.6 is 22.7 Å².